The fourth-order valence-corrected chi connectivity index (χ4v) is 3.54. The van der Waals surface area contributed by atoms with Crippen molar-refractivity contribution in [2.45, 2.75) is 45.1 Å². The van der Waals surface area contributed by atoms with E-state index >= 15 is 0 Å². The van der Waals surface area contributed by atoms with Crippen molar-refractivity contribution in [3.63, 3.8) is 0 Å². The van der Waals surface area contributed by atoms with E-state index in [4.69, 9.17) is 0 Å². The van der Waals surface area contributed by atoms with E-state index in [1.807, 2.05) is 12.4 Å². The van der Waals surface area contributed by atoms with Crippen molar-refractivity contribution < 1.29 is 0 Å². The van der Waals surface area contributed by atoms with Gasteiger partial charge in [-0.2, -0.15) is 0 Å². The van der Waals surface area contributed by atoms with Crippen molar-refractivity contribution in [2.24, 2.45) is 5.92 Å². The van der Waals surface area contributed by atoms with Crippen LogP contribution in [0.5, 0.6) is 0 Å². The lowest BCUT2D eigenvalue weighted by Crippen LogP contribution is -2.30. The second-order valence-corrected chi connectivity index (χ2v) is 6.30. The standard InChI is InChI=1S/C18H24N2/c1-13(2)20-11-15-6-4-7-16(15)17-8-3-5-14-9-10-19-12-18(14)17/h3,5,8-10,12-13,15-16,20H,4,6-7,11H2,1-2H3. The lowest BCUT2D eigenvalue weighted by atomic mass is 9.86. The molecule has 2 heteroatoms. The zero-order valence-electron chi connectivity index (χ0n) is 12.5. The molecule has 106 valence electrons. The Balaban J connectivity index is 1.89. The van der Waals surface area contributed by atoms with Crippen LogP contribution in [-0.4, -0.2) is 17.6 Å². The van der Waals surface area contributed by atoms with Gasteiger partial charge in [-0.05, 0) is 48.2 Å². The van der Waals surface area contributed by atoms with E-state index in [9.17, 15) is 0 Å². The average molecular weight is 268 g/mol. The highest BCUT2D eigenvalue weighted by atomic mass is 14.9. The van der Waals surface area contributed by atoms with Crippen LogP contribution in [0.25, 0.3) is 10.8 Å². The average Bonchev–Trinajstić information content (AvgIpc) is 2.92. The van der Waals surface area contributed by atoms with Crippen LogP contribution in [0.2, 0.25) is 0 Å². The molecule has 20 heavy (non-hydrogen) atoms. The lowest BCUT2D eigenvalue weighted by Gasteiger charge is -2.23. The molecule has 0 bridgehead atoms. The zero-order chi connectivity index (χ0) is 13.9. The first-order valence-electron chi connectivity index (χ1n) is 7.81. The smallest absolute Gasteiger partial charge is 0.0349 e. The number of hydrogen-bond acceptors (Lipinski definition) is 2. The molecule has 2 unspecified atom stereocenters. The van der Waals surface area contributed by atoms with Gasteiger partial charge in [-0.1, -0.05) is 38.5 Å². The van der Waals surface area contributed by atoms with Crippen LogP contribution in [0.15, 0.2) is 36.7 Å². The molecule has 1 aliphatic carbocycles. The summed E-state index contributed by atoms with van der Waals surface area (Å²) >= 11 is 0. The van der Waals surface area contributed by atoms with Crippen molar-refractivity contribution in [3.8, 4) is 0 Å². The summed E-state index contributed by atoms with van der Waals surface area (Å²) in [5.74, 6) is 1.46. The Kier molecular flexibility index (Phi) is 4.02. The fraction of sp³-hybridized carbons (Fsp3) is 0.500. The summed E-state index contributed by atoms with van der Waals surface area (Å²) in [6.07, 6.45) is 7.94. The number of nitrogens with one attached hydrogen (secondary N) is 1. The monoisotopic (exact) mass is 268 g/mol. The van der Waals surface area contributed by atoms with E-state index in [2.05, 4.69) is 48.4 Å². The first-order valence-corrected chi connectivity index (χ1v) is 7.81. The minimum absolute atomic E-state index is 0.574. The van der Waals surface area contributed by atoms with E-state index < -0.39 is 0 Å². The summed E-state index contributed by atoms with van der Waals surface area (Å²) < 4.78 is 0. The molecule has 1 aromatic carbocycles. The van der Waals surface area contributed by atoms with Gasteiger partial charge in [-0.15, -0.1) is 0 Å². The Morgan fingerprint density at radius 2 is 2.15 bits per heavy atom. The van der Waals surface area contributed by atoms with Crippen LogP contribution < -0.4 is 5.32 Å². The van der Waals surface area contributed by atoms with E-state index in [1.165, 1.54) is 35.6 Å². The summed E-state index contributed by atoms with van der Waals surface area (Å²) in [4.78, 5) is 4.33. The molecule has 2 atom stereocenters. The molecule has 2 aromatic rings. The predicted molar refractivity (Wildman–Crippen MR) is 85.0 cm³/mol. The van der Waals surface area contributed by atoms with Gasteiger partial charge in [0, 0.05) is 23.8 Å². The second kappa shape index (κ2) is 5.92. The molecular formula is C18H24N2. The molecular weight excluding hydrogens is 244 g/mol. The number of aromatic nitrogens is 1. The van der Waals surface area contributed by atoms with Gasteiger partial charge in [0.15, 0.2) is 0 Å². The molecule has 1 aliphatic rings. The van der Waals surface area contributed by atoms with Crippen LogP contribution >= 0.6 is 0 Å². The van der Waals surface area contributed by atoms with Crippen molar-refractivity contribution in [1.82, 2.24) is 10.3 Å². The maximum atomic E-state index is 4.33. The van der Waals surface area contributed by atoms with Gasteiger partial charge in [-0.3, -0.25) is 4.98 Å². The molecule has 1 N–H and O–H groups in total. The Hall–Kier alpha value is -1.41. The number of nitrogens with zero attached hydrogens (tertiary/aromatic N) is 1. The third kappa shape index (κ3) is 2.71. The topological polar surface area (TPSA) is 24.9 Å². The summed E-state index contributed by atoms with van der Waals surface area (Å²) in [7, 11) is 0. The zero-order valence-corrected chi connectivity index (χ0v) is 12.5. The van der Waals surface area contributed by atoms with Crippen LogP contribution in [0.1, 0.15) is 44.6 Å². The molecule has 0 spiro atoms. The molecule has 1 fully saturated rings. The molecule has 0 radical (unpaired) electrons. The second-order valence-electron chi connectivity index (χ2n) is 6.30. The highest BCUT2D eigenvalue weighted by molar-refractivity contribution is 5.85. The van der Waals surface area contributed by atoms with Crippen molar-refractivity contribution >= 4 is 10.8 Å². The van der Waals surface area contributed by atoms with Crippen molar-refractivity contribution in [1.29, 1.82) is 0 Å². The third-order valence-corrected chi connectivity index (χ3v) is 4.56. The summed E-state index contributed by atoms with van der Waals surface area (Å²) in [6.45, 7) is 5.59. The molecule has 0 saturated heterocycles. The van der Waals surface area contributed by atoms with Crippen molar-refractivity contribution in [2.75, 3.05) is 6.54 Å². The quantitative estimate of drug-likeness (QED) is 0.902. The number of fused-ring (bicyclic) bond motifs is 1. The SMILES string of the molecule is CC(C)NCC1CCCC1c1cccc2ccncc12. The van der Waals surface area contributed by atoms with Crippen LogP contribution in [0.4, 0.5) is 0 Å². The minimum atomic E-state index is 0.574. The first kappa shape index (κ1) is 13.6. The van der Waals surface area contributed by atoms with Gasteiger partial charge < -0.3 is 5.32 Å². The third-order valence-electron chi connectivity index (χ3n) is 4.56. The number of pyridine rings is 1. The molecule has 1 saturated carbocycles. The molecule has 3 rings (SSSR count). The summed E-state index contributed by atoms with van der Waals surface area (Å²) in [6, 6.07) is 9.39. The van der Waals surface area contributed by atoms with Gasteiger partial charge in [-0.25, -0.2) is 0 Å². The fourth-order valence-electron chi connectivity index (χ4n) is 3.54. The molecule has 0 amide bonds. The Bertz CT molecular complexity index is 571. The van der Waals surface area contributed by atoms with Gasteiger partial charge >= 0.3 is 0 Å². The van der Waals surface area contributed by atoms with E-state index in [0.29, 0.717) is 12.0 Å². The number of benzene rings is 1. The predicted octanol–water partition coefficient (Wildman–Crippen LogP) is 4.12. The summed E-state index contributed by atoms with van der Waals surface area (Å²) in [5, 5.41) is 6.28. The molecule has 1 heterocycles. The normalized spacial score (nSPS) is 22.8. The first-order chi connectivity index (χ1) is 9.75. The van der Waals surface area contributed by atoms with E-state index in [1.54, 1.807) is 0 Å². The Morgan fingerprint density at radius 3 is 3.00 bits per heavy atom. The maximum absolute atomic E-state index is 4.33. The molecule has 2 nitrogen and oxygen atoms in total. The molecule has 0 aliphatic heterocycles. The Morgan fingerprint density at radius 1 is 1.25 bits per heavy atom. The largest absolute Gasteiger partial charge is 0.314 e. The maximum Gasteiger partial charge on any atom is 0.0349 e. The lowest BCUT2D eigenvalue weighted by molar-refractivity contribution is 0.424. The van der Waals surface area contributed by atoms with Gasteiger partial charge in [0.25, 0.3) is 0 Å². The van der Waals surface area contributed by atoms with Gasteiger partial charge in [0.05, 0.1) is 0 Å². The number of hydrogen-bond donors (Lipinski definition) is 1. The summed E-state index contributed by atoms with van der Waals surface area (Å²) in [5.41, 5.74) is 1.50. The Labute approximate surface area is 121 Å². The van der Waals surface area contributed by atoms with E-state index in [-0.39, 0.29) is 0 Å². The van der Waals surface area contributed by atoms with E-state index in [0.717, 1.165) is 12.5 Å². The van der Waals surface area contributed by atoms with Crippen LogP contribution in [0.3, 0.4) is 0 Å². The van der Waals surface area contributed by atoms with Gasteiger partial charge in [0.2, 0.25) is 0 Å². The minimum Gasteiger partial charge on any atom is -0.314 e. The molecule has 1 aromatic heterocycles. The highest BCUT2D eigenvalue weighted by Crippen LogP contribution is 2.41. The van der Waals surface area contributed by atoms with Crippen molar-refractivity contribution in [3.05, 3.63) is 42.2 Å². The number of rotatable bonds is 4. The highest BCUT2D eigenvalue weighted by Gasteiger charge is 2.29. The van der Waals surface area contributed by atoms with Gasteiger partial charge in [0.1, 0.15) is 0 Å². The van der Waals surface area contributed by atoms with Crippen LogP contribution in [0, 0.1) is 5.92 Å². The van der Waals surface area contributed by atoms with Crippen LogP contribution in [-0.2, 0) is 0 Å².